The zero-order valence-corrected chi connectivity index (χ0v) is 17.8. The summed E-state index contributed by atoms with van der Waals surface area (Å²) in [6.45, 7) is 9.01. The van der Waals surface area contributed by atoms with Crippen LogP contribution in [0.4, 0.5) is 0 Å². The third kappa shape index (κ3) is 12.7. The van der Waals surface area contributed by atoms with Crippen molar-refractivity contribution in [3.8, 4) is 0 Å². The van der Waals surface area contributed by atoms with Crippen molar-refractivity contribution >= 4 is 0 Å². The third-order valence-electron chi connectivity index (χ3n) is 6.33. The van der Waals surface area contributed by atoms with E-state index in [9.17, 15) is 0 Å². The second-order valence-electron chi connectivity index (χ2n) is 8.93. The lowest BCUT2D eigenvalue weighted by Crippen LogP contribution is -1.98. The Morgan fingerprint density at radius 1 is 0.680 bits per heavy atom. The molecule has 1 fully saturated rings. The first-order valence-corrected chi connectivity index (χ1v) is 11.9. The van der Waals surface area contributed by atoms with Crippen LogP contribution < -0.4 is 0 Å². The summed E-state index contributed by atoms with van der Waals surface area (Å²) in [6.07, 6.45) is 27.3. The van der Waals surface area contributed by atoms with Gasteiger partial charge >= 0.3 is 0 Å². The summed E-state index contributed by atoms with van der Waals surface area (Å²) >= 11 is 0. The van der Waals surface area contributed by atoms with Gasteiger partial charge in [-0.25, -0.2) is 0 Å². The average molecular weight is 349 g/mol. The molecule has 0 nitrogen and oxygen atoms in total. The predicted molar refractivity (Wildman–Crippen MR) is 115 cm³/mol. The van der Waals surface area contributed by atoms with Crippen LogP contribution >= 0.6 is 0 Å². The maximum atomic E-state index is 4.39. The fraction of sp³-hybridized carbons (Fsp3) is 0.920. The zero-order chi connectivity index (χ0) is 18.2. The molecule has 0 heterocycles. The van der Waals surface area contributed by atoms with E-state index in [0.717, 1.165) is 11.8 Å². The topological polar surface area (TPSA) is 0 Å². The van der Waals surface area contributed by atoms with Gasteiger partial charge in [-0.15, -0.1) is 0 Å². The smallest absolute Gasteiger partial charge is 0.0294 e. The van der Waals surface area contributed by atoms with Crippen LogP contribution in [0.15, 0.2) is 12.2 Å². The molecule has 1 rings (SSSR count). The second kappa shape index (κ2) is 16.0. The van der Waals surface area contributed by atoms with Gasteiger partial charge in [0.1, 0.15) is 0 Å². The van der Waals surface area contributed by atoms with Gasteiger partial charge in [-0.2, -0.15) is 0 Å². The van der Waals surface area contributed by atoms with Crippen molar-refractivity contribution in [2.24, 2.45) is 11.8 Å². The number of hydrogen-bond donors (Lipinski definition) is 0. The Morgan fingerprint density at radius 2 is 1.20 bits per heavy atom. The molecular weight excluding hydrogens is 300 g/mol. The van der Waals surface area contributed by atoms with Gasteiger partial charge in [0.25, 0.3) is 0 Å². The molecule has 25 heavy (non-hydrogen) atoms. The number of unbranched alkanes of at least 4 members (excludes halogenated alkanes) is 11. The van der Waals surface area contributed by atoms with E-state index in [1.165, 1.54) is 122 Å². The van der Waals surface area contributed by atoms with E-state index in [1.54, 1.807) is 5.57 Å². The van der Waals surface area contributed by atoms with E-state index in [-0.39, 0.29) is 0 Å². The van der Waals surface area contributed by atoms with Crippen LogP contribution in [-0.2, 0) is 0 Å². The lowest BCUT2D eigenvalue weighted by Gasteiger charge is -2.13. The highest BCUT2D eigenvalue weighted by molar-refractivity contribution is 4.97. The first kappa shape index (κ1) is 22.8. The summed E-state index contributed by atoms with van der Waals surface area (Å²) in [6, 6.07) is 0. The van der Waals surface area contributed by atoms with Crippen LogP contribution in [0, 0.1) is 11.8 Å². The maximum Gasteiger partial charge on any atom is -0.0294 e. The Bertz CT molecular complexity index is 303. The van der Waals surface area contributed by atoms with Crippen molar-refractivity contribution in [1.82, 2.24) is 0 Å². The molecule has 2 unspecified atom stereocenters. The van der Waals surface area contributed by atoms with E-state index < -0.39 is 0 Å². The average Bonchev–Trinajstić information content (AvgIpc) is 3.05. The van der Waals surface area contributed by atoms with Crippen LogP contribution in [0.5, 0.6) is 0 Å². The van der Waals surface area contributed by atoms with Crippen LogP contribution in [0.25, 0.3) is 0 Å². The summed E-state index contributed by atoms with van der Waals surface area (Å²) in [4.78, 5) is 0. The van der Waals surface area contributed by atoms with Gasteiger partial charge in [-0.05, 0) is 43.9 Å². The molecule has 0 aromatic rings. The SMILES string of the molecule is C=C(CCCCCCCCCCCCC)CC1CCC(CCCC)C1. The number of allylic oxidation sites excluding steroid dienone is 1. The van der Waals surface area contributed by atoms with Crippen molar-refractivity contribution in [3.63, 3.8) is 0 Å². The minimum absolute atomic E-state index is 0.974. The molecule has 1 aliphatic rings. The lowest BCUT2D eigenvalue weighted by atomic mass is 9.93. The fourth-order valence-corrected chi connectivity index (χ4v) is 4.67. The Kier molecular flexibility index (Phi) is 14.5. The molecule has 0 N–H and O–H groups in total. The first-order valence-electron chi connectivity index (χ1n) is 11.9. The molecule has 0 bridgehead atoms. The van der Waals surface area contributed by atoms with Gasteiger partial charge < -0.3 is 0 Å². The molecule has 1 aliphatic carbocycles. The van der Waals surface area contributed by atoms with E-state index >= 15 is 0 Å². The van der Waals surface area contributed by atoms with Gasteiger partial charge in [-0.3, -0.25) is 0 Å². The van der Waals surface area contributed by atoms with E-state index in [1.807, 2.05) is 0 Å². The normalized spacial score (nSPS) is 20.2. The number of hydrogen-bond acceptors (Lipinski definition) is 0. The Morgan fingerprint density at radius 3 is 1.80 bits per heavy atom. The van der Waals surface area contributed by atoms with E-state index in [0.29, 0.717) is 0 Å². The third-order valence-corrected chi connectivity index (χ3v) is 6.33. The van der Waals surface area contributed by atoms with E-state index in [2.05, 4.69) is 20.4 Å². The van der Waals surface area contributed by atoms with Gasteiger partial charge in [0.15, 0.2) is 0 Å². The molecule has 0 saturated heterocycles. The minimum Gasteiger partial charge on any atom is -0.0999 e. The largest absolute Gasteiger partial charge is 0.0999 e. The Labute approximate surface area is 160 Å². The highest BCUT2D eigenvalue weighted by atomic mass is 14.3. The van der Waals surface area contributed by atoms with Crippen LogP contribution in [0.1, 0.15) is 136 Å². The standard InChI is InChI=1S/C25H48/c1-4-6-8-9-10-11-12-13-14-15-16-17-23(3)21-25-20-19-24(22-25)18-7-5-2/h24-25H,3-22H2,1-2H3. The quantitative estimate of drug-likeness (QED) is 0.181. The van der Waals surface area contributed by atoms with Crippen molar-refractivity contribution in [3.05, 3.63) is 12.2 Å². The molecule has 0 amide bonds. The van der Waals surface area contributed by atoms with Gasteiger partial charge in [0.05, 0.1) is 0 Å². The summed E-state index contributed by atoms with van der Waals surface area (Å²) in [5.74, 6) is 2.02. The van der Waals surface area contributed by atoms with Crippen LogP contribution in [0.2, 0.25) is 0 Å². The summed E-state index contributed by atoms with van der Waals surface area (Å²) in [5, 5.41) is 0. The Hall–Kier alpha value is -0.260. The highest BCUT2D eigenvalue weighted by Crippen LogP contribution is 2.37. The zero-order valence-electron chi connectivity index (χ0n) is 17.8. The molecule has 0 aliphatic heterocycles. The van der Waals surface area contributed by atoms with E-state index in [4.69, 9.17) is 0 Å². The predicted octanol–water partition coefficient (Wildman–Crippen LogP) is 9.24. The molecule has 0 spiro atoms. The van der Waals surface area contributed by atoms with Crippen LogP contribution in [0.3, 0.4) is 0 Å². The molecule has 1 saturated carbocycles. The van der Waals surface area contributed by atoms with Crippen molar-refractivity contribution in [2.75, 3.05) is 0 Å². The molecule has 0 aromatic heterocycles. The summed E-state index contributed by atoms with van der Waals surface area (Å²) in [5.41, 5.74) is 1.55. The van der Waals surface area contributed by atoms with Crippen molar-refractivity contribution in [1.29, 1.82) is 0 Å². The summed E-state index contributed by atoms with van der Waals surface area (Å²) < 4.78 is 0. The highest BCUT2D eigenvalue weighted by Gasteiger charge is 2.24. The van der Waals surface area contributed by atoms with Crippen molar-refractivity contribution < 1.29 is 0 Å². The minimum atomic E-state index is 0.974. The van der Waals surface area contributed by atoms with Crippen molar-refractivity contribution in [2.45, 2.75) is 136 Å². The van der Waals surface area contributed by atoms with Crippen LogP contribution in [-0.4, -0.2) is 0 Å². The molecule has 0 radical (unpaired) electrons. The summed E-state index contributed by atoms with van der Waals surface area (Å²) in [7, 11) is 0. The lowest BCUT2D eigenvalue weighted by molar-refractivity contribution is 0.445. The molecule has 148 valence electrons. The molecule has 0 aromatic carbocycles. The number of rotatable bonds is 17. The monoisotopic (exact) mass is 348 g/mol. The first-order chi connectivity index (χ1) is 12.3. The van der Waals surface area contributed by atoms with Gasteiger partial charge in [0, 0.05) is 0 Å². The fourth-order valence-electron chi connectivity index (χ4n) is 4.67. The van der Waals surface area contributed by atoms with Gasteiger partial charge in [-0.1, -0.05) is 116 Å². The van der Waals surface area contributed by atoms with Gasteiger partial charge in [0.2, 0.25) is 0 Å². The molecule has 2 atom stereocenters. The Balaban J connectivity index is 1.86. The maximum absolute atomic E-state index is 4.39. The molecular formula is C25H48. The molecule has 0 heteroatoms. The second-order valence-corrected chi connectivity index (χ2v) is 8.93.